The van der Waals surface area contributed by atoms with Gasteiger partial charge in [0.2, 0.25) is 0 Å². The van der Waals surface area contributed by atoms with E-state index in [-0.39, 0.29) is 0 Å². The van der Waals surface area contributed by atoms with Crippen LogP contribution in [-0.2, 0) is 6.54 Å². The molecule has 15 heavy (non-hydrogen) atoms. The average molecular weight is 208 g/mol. The summed E-state index contributed by atoms with van der Waals surface area (Å²) in [5.74, 6) is 0. The van der Waals surface area contributed by atoms with E-state index in [1.54, 1.807) is 10.9 Å². The van der Waals surface area contributed by atoms with Gasteiger partial charge in [-0.2, -0.15) is 5.10 Å². The van der Waals surface area contributed by atoms with Crippen molar-refractivity contribution in [3.63, 3.8) is 0 Å². The van der Waals surface area contributed by atoms with Gasteiger partial charge in [0.1, 0.15) is 0 Å². The molecule has 1 rings (SSSR count). The highest BCUT2D eigenvalue weighted by atomic mass is 15.2. The molecule has 1 aromatic heterocycles. The lowest BCUT2D eigenvalue weighted by molar-refractivity contribution is 0.349. The summed E-state index contributed by atoms with van der Waals surface area (Å²) in [7, 11) is 2.12. The second-order valence-corrected chi connectivity index (χ2v) is 3.58. The maximum atomic E-state index is 4.11. The predicted octanol–water partition coefficient (Wildman–Crippen LogP) is 1.02. The van der Waals surface area contributed by atoms with Gasteiger partial charge in [0.05, 0.1) is 6.20 Å². The van der Waals surface area contributed by atoms with Gasteiger partial charge in [0.25, 0.3) is 0 Å². The third-order valence-electron chi connectivity index (χ3n) is 2.38. The molecule has 0 fully saturated rings. The lowest BCUT2D eigenvalue weighted by atomic mass is 10.3. The maximum absolute atomic E-state index is 4.11. The molecule has 0 aliphatic rings. The molecule has 0 aliphatic carbocycles. The zero-order valence-electron chi connectivity index (χ0n) is 9.61. The van der Waals surface area contributed by atoms with E-state index in [0.717, 1.165) is 26.2 Å². The van der Waals surface area contributed by atoms with Crippen LogP contribution in [0.3, 0.4) is 0 Å². The molecule has 4 nitrogen and oxygen atoms in total. The molecule has 0 amide bonds. The maximum Gasteiger partial charge on any atom is 0.0538 e. The zero-order valence-corrected chi connectivity index (χ0v) is 9.61. The summed E-state index contributed by atoms with van der Waals surface area (Å²) in [6.45, 7) is 9.85. The first kappa shape index (κ1) is 11.9. The van der Waals surface area contributed by atoms with Crippen molar-refractivity contribution in [2.24, 2.45) is 0 Å². The summed E-state index contributed by atoms with van der Waals surface area (Å²) in [6.07, 6.45) is 5.52. The smallest absolute Gasteiger partial charge is 0.0538 e. The average Bonchev–Trinajstić information content (AvgIpc) is 2.72. The van der Waals surface area contributed by atoms with Crippen LogP contribution in [0.1, 0.15) is 12.5 Å². The van der Waals surface area contributed by atoms with Crippen LogP contribution in [0, 0.1) is 0 Å². The van der Waals surface area contributed by atoms with E-state index in [1.807, 2.05) is 12.4 Å². The number of aromatic nitrogens is 2. The largest absolute Gasteiger partial charge is 0.311 e. The van der Waals surface area contributed by atoms with Crippen molar-refractivity contribution in [3.05, 3.63) is 24.5 Å². The molecule has 0 unspecified atom stereocenters. The highest BCUT2D eigenvalue weighted by molar-refractivity contribution is 5.17. The van der Waals surface area contributed by atoms with E-state index in [0.29, 0.717) is 0 Å². The van der Waals surface area contributed by atoms with Crippen molar-refractivity contribution < 1.29 is 0 Å². The highest BCUT2D eigenvalue weighted by Gasteiger charge is 1.97. The minimum atomic E-state index is 0.866. The summed E-state index contributed by atoms with van der Waals surface area (Å²) in [6, 6.07) is 0. The molecule has 0 atom stereocenters. The lowest BCUT2D eigenvalue weighted by Crippen LogP contribution is -2.28. The number of hydrogen-bond donors (Lipinski definition) is 1. The topological polar surface area (TPSA) is 33.1 Å². The minimum Gasteiger partial charge on any atom is -0.311 e. The normalized spacial score (nSPS) is 10.9. The lowest BCUT2D eigenvalue weighted by Gasteiger charge is -2.13. The van der Waals surface area contributed by atoms with Crippen LogP contribution in [0.15, 0.2) is 19.0 Å². The summed E-state index contributed by atoms with van der Waals surface area (Å²) in [5.41, 5.74) is 1.19. The second kappa shape index (κ2) is 6.37. The fourth-order valence-electron chi connectivity index (χ4n) is 1.23. The van der Waals surface area contributed by atoms with Gasteiger partial charge in [-0.1, -0.05) is 13.5 Å². The van der Waals surface area contributed by atoms with Gasteiger partial charge in [0.15, 0.2) is 0 Å². The van der Waals surface area contributed by atoms with Crippen LogP contribution in [0.4, 0.5) is 0 Å². The molecular weight excluding hydrogens is 188 g/mol. The van der Waals surface area contributed by atoms with Gasteiger partial charge in [-0.15, -0.1) is 0 Å². The molecule has 0 saturated heterocycles. The molecule has 0 aliphatic heterocycles. The standard InChI is InChI=1S/C11H20N4/c1-4-14(3)7-6-12-8-11-9-13-15(5-2)10-11/h5,9-10,12H,2,4,6-8H2,1,3H3. The molecule has 0 aromatic carbocycles. The number of likely N-dealkylation sites (N-methyl/N-ethyl adjacent to an activating group) is 1. The van der Waals surface area contributed by atoms with Crippen molar-refractivity contribution in [1.82, 2.24) is 20.0 Å². The van der Waals surface area contributed by atoms with E-state index in [2.05, 4.69) is 35.9 Å². The Morgan fingerprint density at radius 1 is 1.67 bits per heavy atom. The highest BCUT2D eigenvalue weighted by Crippen LogP contribution is 1.96. The summed E-state index contributed by atoms with van der Waals surface area (Å²) in [5, 5.41) is 7.49. The molecule has 0 spiro atoms. The Morgan fingerprint density at radius 3 is 3.07 bits per heavy atom. The first-order chi connectivity index (χ1) is 7.26. The predicted molar refractivity (Wildman–Crippen MR) is 63.5 cm³/mol. The molecule has 0 bridgehead atoms. The Labute approximate surface area is 91.6 Å². The van der Waals surface area contributed by atoms with Crippen LogP contribution in [0.2, 0.25) is 0 Å². The van der Waals surface area contributed by atoms with Gasteiger partial charge >= 0.3 is 0 Å². The summed E-state index contributed by atoms with van der Waals surface area (Å²) >= 11 is 0. The third kappa shape index (κ3) is 4.27. The molecule has 1 aromatic rings. The van der Waals surface area contributed by atoms with Gasteiger partial charge < -0.3 is 10.2 Å². The van der Waals surface area contributed by atoms with E-state index >= 15 is 0 Å². The molecule has 1 heterocycles. The van der Waals surface area contributed by atoms with Crippen LogP contribution in [0.25, 0.3) is 6.20 Å². The fourth-order valence-corrected chi connectivity index (χ4v) is 1.23. The Hall–Kier alpha value is -1.13. The minimum absolute atomic E-state index is 0.866. The summed E-state index contributed by atoms with van der Waals surface area (Å²) in [4.78, 5) is 2.28. The Morgan fingerprint density at radius 2 is 2.47 bits per heavy atom. The molecule has 0 saturated carbocycles. The Balaban J connectivity index is 2.17. The number of nitrogens with one attached hydrogen (secondary N) is 1. The van der Waals surface area contributed by atoms with E-state index in [4.69, 9.17) is 0 Å². The Kier molecular flexibility index (Phi) is 5.07. The van der Waals surface area contributed by atoms with E-state index < -0.39 is 0 Å². The van der Waals surface area contributed by atoms with Crippen LogP contribution in [0.5, 0.6) is 0 Å². The van der Waals surface area contributed by atoms with Crippen molar-refractivity contribution in [2.45, 2.75) is 13.5 Å². The quantitative estimate of drug-likeness (QED) is 0.679. The molecule has 84 valence electrons. The van der Waals surface area contributed by atoms with E-state index in [1.165, 1.54) is 5.56 Å². The van der Waals surface area contributed by atoms with Crippen molar-refractivity contribution >= 4 is 6.20 Å². The van der Waals surface area contributed by atoms with Crippen LogP contribution >= 0.6 is 0 Å². The molecular formula is C11H20N4. The molecule has 1 N–H and O–H groups in total. The SMILES string of the molecule is C=Cn1cc(CNCCN(C)CC)cn1. The molecule has 0 radical (unpaired) electrons. The number of rotatable bonds is 7. The Bertz CT molecular complexity index is 293. The first-order valence-corrected chi connectivity index (χ1v) is 5.31. The van der Waals surface area contributed by atoms with E-state index in [9.17, 15) is 0 Å². The number of nitrogens with zero attached hydrogens (tertiary/aromatic N) is 3. The van der Waals surface area contributed by atoms with Crippen molar-refractivity contribution in [1.29, 1.82) is 0 Å². The second-order valence-electron chi connectivity index (χ2n) is 3.58. The van der Waals surface area contributed by atoms with Crippen LogP contribution in [-0.4, -0.2) is 41.4 Å². The monoisotopic (exact) mass is 208 g/mol. The van der Waals surface area contributed by atoms with Gasteiger partial charge in [-0.3, -0.25) is 0 Å². The number of hydrogen-bond acceptors (Lipinski definition) is 3. The third-order valence-corrected chi connectivity index (χ3v) is 2.38. The van der Waals surface area contributed by atoms with Crippen LogP contribution < -0.4 is 5.32 Å². The van der Waals surface area contributed by atoms with Crippen molar-refractivity contribution in [2.75, 3.05) is 26.7 Å². The van der Waals surface area contributed by atoms with Gasteiger partial charge in [0, 0.05) is 37.6 Å². The van der Waals surface area contributed by atoms with Gasteiger partial charge in [-0.05, 0) is 13.6 Å². The summed E-state index contributed by atoms with van der Waals surface area (Å²) < 4.78 is 1.72. The van der Waals surface area contributed by atoms with Gasteiger partial charge in [-0.25, -0.2) is 4.68 Å². The molecule has 4 heteroatoms. The van der Waals surface area contributed by atoms with Crippen molar-refractivity contribution in [3.8, 4) is 0 Å². The fraction of sp³-hybridized carbons (Fsp3) is 0.545. The first-order valence-electron chi connectivity index (χ1n) is 5.31. The zero-order chi connectivity index (χ0) is 11.1.